The molecule has 8 heteroatoms. The minimum Gasteiger partial charge on any atom is -0.325 e. The first-order chi connectivity index (χ1) is 12.2. The fraction of sp³-hybridized carbons (Fsp3) is 0.389. The molecule has 1 amide bonds. The van der Waals surface area contributed by atoms with Crippen LogP contribution in [0.2, 0.25) is 0 Å². The van der Waals surface area contributed by atoms with Crippen molar-refractivity contribution in [3.05, 3.63) is 46.7 Å². The van der Waals surface area contributed by atoms with Crippen molar-refractivity contribution in [3.8, 4) is 0 Å². The molecule has 0 saturated carbocycles. The van der Waals surface area contributed by atoms with E-state index in [0.29, 0.717) is 12.2 Å². The maximum absolute atomic E-state index is 12.4. The number of nitrogens with one attached hydrogen (secondary N) is 2. The second-order valence-corrected chi connectivity index (χ2v) is 9.21. The molecule has 2 aromatic rings. The molecular formula is C18H25N3O3S2. The number of rotatable bonds is 8. The van der Waals surface area contributed by atoms with Crippen molar-refractivity contribution >= 4 is 33.0 Å². The van der Waals surface area contributed by atoms with Gasteiger partial charge in [0.05, 0.1) is 10.9 Å². The maximum Gasteiger partial charge on any atom is 0.241 e. The molecule has 0 bridgehead atoms. The Labute approximate surface area is 159 Å². The van der Waals surface area contributed by atoms with Crippen molar-refractivity contribution in [2.45, 2.75) is 44.3 Å². The molecule has 1 aromatic heterocycles. The second-order valence-electron chi connectivity index (χ2n) is 6.46. The van der Waals surface area contributed by atoms with Crippen LogP contribution < -0.4 is 10.0 Å². The summed E-state index contributed by atoms with van der Waals surface area (Å²) < 4.78 is 26.8. The van der Waals surface area contributed by atoms with E-state index in [9.17, 15) is 13.2 Å². The van der Waals surface area contributed by atoms with Crippen LogP contribution in [0.25, 0.3) is 0 Å². The van der Waals surface area contributed by atoms with Gasteiger partial charge in [0.1, 0.15) is 0 Å². The Bertz CT molecular complexity index is 816. The van der Waals surface area contributed by atoms with Crippen molar-refractivity contribution in [3.63, 3.8) is 0 Å². The highest BCUT2D eigenvalue weighted by Crippen LogP contribution is 2.16. The summed E-state index contributed by atoms with van der Waals surface area (Å²) in [4.78, 5) is 15.8. The van der Waals surface area contributed by atoms with Crippen molar-refractivity contribution in [2.24, 2.45) is 0 Å². The Hall–Kier alpha value is -1.74. The first-order valence-corrected chi connectivity index (χ1v) is 10.7. The lowest BCUT2D eigenvalue weighted by Crippen LogP contribution is -2.39. The molecule has 26 heavy (non-hydrogen) atoms. The molecule has 2 rings (SSSR count). The van der Waals surface area contributed by atoms with Crippen LogP contribution in [0.15, 0.2) is 46.7 Å². The Morgan fingerprint density at radius 1 is 1.15 bits per heavy atom. The molecule has 0 aliphatic heterocycles. The lowest BCUT2D eigenvalue weighted by Gasteiger charge is -2.23. The zero-order valence-corrected chi connectivity index (χ0v) is 17.0. The Kier molecular flexibility index (Phi) is 6.94. The van der Waals surface area contributed by atoms with Gasteiger partial charge >= 0.3 is 0 Å². The molecule has 0 aliphatic rings. The van der Waals surface area contributed by atoms with Gasteiger partial charge in [-0.25, -0.2) is 13.1 Å². The zero-order valence-electron chi connectivity index (χ0n) is 15.4. The molecule has 0 radical (unpaired) electrons. The SMILES string of the molecule is CC(C)NS(=O)(=O)c1ccc(NC(=O)[C@@H](C)N(C)Cc2cccs2)cc1. The Balaban J connectivity index is 1.98. The van der Waals surface area contributed by atoms with Crippen LogP contribution in [0.5, 0.6) is 0 Å². The van der Waals surface area contributed by atoms with Crippen molar-refractivity contribution in [1.29, 1.82) is 0 Å². The summed E-state index contributed by atoms with van der Waals surface area (Å²) in [7, 11) is -1.63. The van der Waals surface area contributed by atoms with E-state index in [0.717, 1.165) is 0 Å². The topological polar surface area (TPSA) is 78.5 Å². The van der Waals surface area contributed by atoms with E-state index < -0.39 is 10.0 Å². The molecule has 0 fully saturated rings. The van der Waals surface area contributed by atoms with Gasteiger partial charge < -0.3 is 5.32 Å². The number of hydrogen-bond acceptors (Lipinski definition) is 5. The van der Waals surface area contributed by atoms with Gasteiger partial charge in [0.25, 0.3) is 0 Å². The van der Waals surface area contributed by atoms with E-state index >= 15 is 0 Å². The Morgan fingerprint density at radius 2 is 1.81 bits per heavy atom. The predicted octanol–water partition coefficient (Wildman–Crippen LogP) is 2.89. The zero-order chi connectivity index (χ0) is 19.3. The van der Waals surface area contributed by atoms with Crippen LogP contribution in [0.3, 0.4) is 0 Å². The third kappa shape index (κ3) is 5.63. The molecule has 6 nitrogen and oxygen atoms in total. The summed E-state index contributed by atoms with van der Waals surface area (Å²) in [5, 5.41) is 4.84. The van der Waals surface area contributed by atoms with Crippen LogP contribution in [0.4, 0.5) is 5.69 Å². The van der Waals surface area contributed by atoms with Crippen LogP contribution in [-0.4, -0.2) is 38.4 Å². The Morgan fingerprint density at radius 3 is 2.35 bits per heavy atom. The third-order valence-corrected chi connectivity index (χ3v) is 6.38. The van der Waals surface area contributed by atoms with E-state index in [1.807, 2.05) is 36.4 Å². The molecule has 1 atom stereocenters. The number of hydrogen-bond donors (Lipinski definition) is 2. The number of carbonyl (C=O) groups is 1. The standard InChI is InChI=1S/C18H25N3O3S2/c1-13(2)20-26(23,24)17-9-7-15(8-10-17)19-18(22)14(3)21(4)12-16-6-5-11-25-16/h5-11,13-14,20H,12H2,1-4H3,(H,19,22)/t14-/m1/s1. The van der Waals surface area contributed by atoms with Gasteiger partial charge in [-0.1, -0.05) is 6.07 Å². The molecular weight excluding hydrogens is 370 g/mol. The quantitative estimate of drug-likeness (QED) is 0.720. The minimum absolute atomic E-state index is 0.139. The van der Waals surface area contributed by atoms with E-state index in [1.54, 1.807) is 37.3 Å². The normalized spacial score (nSPS) is 13.2. The van der Waals surface area contributed by atoms with Crippen molar-refractivity contribution in [2.75, 3.05) is 12.4 Å². The number of amides is 1. The van der Waals surface area contributed by atoms with Crippen molar-refractivity contribution in [1.82, 2.24) is 9.62 Å². The third-order valence-electron chi connectivity index (χ3n) is 3.85. The summed E-state index contributed by atoms with van der Waals surface area (Å²) in [5.41, 5.74) is 0.565. The lowest BCUT2D eigenvalue weighted by atomic mass is 10.2. The van der Waals surface area contributed by atoms with Gasteiger partial charge in [-0.2, -0.15) is 0 Å². The summed E-state index contributed by atoms with van der Waals surface area (Å²) in [6, 6.07) is 9.69. The molecule has 0 unspecified atom stereocenters. The fourth-order valence-corrected chi connectivity index (χ4v) is 4.35. The summed E-state index contributed by atoms with van der Waals surface area (Å²) >= 11 is 1.66. The van der Waals surface area contributed by atoms with Crippen LogP contribution in [0, 0.1) is 0 Å². The molecule has 1 heterocycles. The number of nitrogens with zero attached hydrogens (tertiary/aromatic N) is 1. The number of benzene rings is 1. The summed E-state index contributed by atoms with van der Waals surface area (Å²) in [5.74, 6) is -0.139. The summed E-state index contributed by atoms with van der Waals surface area (Å²) in [6.07, 6.45) is 0. The molecule has 2 N–H and O–H groups in total. The molecule has 142 valence electrons. The largest absolute Gasteiger partial charge is 0.325 e. The highest BCUT2D eigenvalue weighted by Gasteiger charge is 2.19. The first-order valence-electron chi connectivity index (χ1n) is 8.35. The second kappa shape index (κ2) is 8.77. The first kappa shape index (κ1) is 20.6. The van der Waals surface area contributed by atoms with Gasteiger partial charge in [0.15, 0.2) is 0 Å². The van der Waals surface area contributed by atoms with E-state index in [2.05, 4.69) is 10.0 Å². The fourth-order valence-electron chi connectivity index (χ4n) is 2.33. The van der Waals surface area contributed by atoms with E-state index in [-0.39, 0.29) is 22.9 Å². The van der Waals surface area contributed by atoms with Gasteiger partial charge in [-0.05, 0) is 63.5 Å². The highest BCUT2D eigenvalue weighted by molar-refractivity contribution is 7.89. The van der Waals surface area contributed by atoms with E-state index in [4.69, 9.17) is 0 Å². The average molecular weight is 396 g/mol. The van der Waals surface area contributed by atoms with Gasteiger partial charge in [-0.3, -0.25) is 9.69 Å². The number of thiophene rings is 1. The van der Waals surface area contributed by atoms with Crippen LogP contribution in [-0.2, 0) is 21.4 Å². The summed E-state index contributed by atoms with van der Waals surface area (Å²) in [6.45, 7) is 6.07. The monoisotopic (exact) mass is 395 g/mol. The predicted molar refractivity (Wildman–Crippen MR) is 106 cm³/mol. The van der Waals surface area contributed by atoms with E-state index in [1.165, 1.54) is 17.0 Å². The number of carbonyl (C=O) groups excluding carboxylic acids is 1. The number of anilines is 1. The van der Waals surface area contributed by atoms with Gasteiger partial charge in [0, 0.05) is 23.2 Å². The minimum atomic E-state index is -3.53. The van der Waals surface area contributed by atoms with Crippen molar-refractivity contribution < 1.29 is 13.2 Å². The molecule has 0 saturated heterocycles. The molecule has 1 aromatic carbocycles. The lowest BCUT2D eigenvalue weighted by molar-refractivity contribution is -0.120. The smallest absolute Gasteiger partial charge is 0.241 e. The van der Waals surface area contributed by atoms with Crippen LogP contribution >= 0.6 is 11.3 Å². The molecule has 0 spiro atoms. The van der Waals surface area contributed by atoms with Gasteiger partial charge in [0.2, 0.25) is 15.9 Å². The molecule has 0 aliphatic carbocycles. The number of sulfonamides is 1. The average Bonchev–Trinajstić information content (AvgIpc) is 3.06. The number of likely N-dealkylation sites (N-methyl/N-ethyl adjacent to an activating group) is 1. The highest BCUT2D eigenvalue weighted by atomic mass is 32.2. The van der Waals surface area contributed by atoms with Crippen LogP contribution in [0.1, 0.15) is 25.6 Å². The van der Waals surface area contributed by atoms with Gasteiger partial charge in [-0.15, -0.1) is 11.3 Å². The maximum atomic E-state index is 12.4.